The van der Waals surface area contributed by atoms with E-state index in [2.05, 4.69) is 10.6 Å². The molecule has 0 aliphatic carbocycles. The smallest absolute Gasteiger partial charge is 0.238 e. The van der Waals surface area contributed by atoms with Gasteiger partial charge in [0.05, 0.1) is 6.54 Å². The Morgan fingerprint density at radius 1 is 0.952 bits per heavy atom. The van der Waals surface area contributed by atoms with Crippen LogP contribution in [0.25, 0.3) is 0 Å². The SMILES string of the molecule is O=C(CNCc1cc(F)ccc1F)Nc1ccc(F)cc1. The van der Waals surface area contributed by atoms with E-state index in [1.54, 1.807) is 0 Å². The van der Waals surface area contributed by atoms with E-state index in [0.717, 1.165) is 18.2 Å². The first-order valence-corrected chi connectivity index (χ1v) is 6.24. The fraction of sp³-hybridized carbons (Fsp3) is 0.133. The number of amides is 1. The lowest BCUT2D eigenvalue weighted by Crippen LogP contribution is -2.28. The maximum Gasteiger partial charge on any atom is 0.238 e. The molecule has 0 spiro atoms. The lowest BCUT2D eigenvalue weighted by Gasteiger charge is -2.07. The van der Waals surface area contributed by atoms with Gasteiger partial charge >= 0.3 is 0 Å². The first kappa shape index (κ1) is 15.1. The van der Waals surface area contributed by atoms with Gasteiger partial charge in [0.25, 0.3) is 0 Å². The molecule has 0 aliphatic heterocycles. The molecule has 110 valence electrons. The molecule has 0 aromatic heterocycles. The lowest BCUT2D eigenvalue weighted by atomic mass is 10.2. The van der Waals surface area contributed by atoms with E-state index < -0.39 is 17.5 Å². The van der Waals surface area contributed by atoms with E-state index in [9.17, 15) is 18.0 Å². The minimum atomic E-state index is -0.539. The Hall–Kier alpha value is -2.34. The fourth-order valence-corrected chi connectivity index (χ4v) is 1.73. The van der Waals surface area contributed by atoms with Crippen LogP contribution in [0.3, 0.4) is 0 Å². The third kappa shape index (κ3) is 4.61. The standard InChI is InChI=1S/C15H13F3N2O/c16-11-1-4-13(5-2-11)20-15(21)9-19-8-10-7-12(17)3-6-14(10)18/h1-7,19H,8-9H2,(H,20,21). The summed E-state index contributed by atoms with van der Waals surface area (Å²) in [5.41, 5.74) is 0.602. The van der Waals surface area contributed by atoms with Crippen molar-refractivity contribution in [3.63, 3.8) is 0 Å². The summed E-state index contributed by atoms with van der Waals surface area (Å²) in [6.07, 6.45) is 0. The molecule has 0 bridgehead atoms. The van der Waals surface area contributed by atoms with Crippen molar-refractivity contribution >= 4 is 11.6 Å². The Bertz CT molecular complexity index is 629. The van der Waals surface area contributed by atoms with Gasteiger partial charge in [-0.3, -0.25) is 4.79 Å². The summed E-state index contributed by atoms with van der Waals surface area (Å²) in [7, 11) is 0. The van der Waals surface area contributed by atoms with Crippen LogP contribution in [-0.2, 0) is 11.3 Å². The van der Waals surface area contributed by atoms with E-state index in [1.165, 1.54) is 24.3 Å². The molecule has 0 saturated heterocycles. The van der Waals surface area contributed by atoms with Crippen molar-refractivity contribution in [1.29, 1.82) is 0 Å². The molecular formula is C15H13F3N2O. The number of carbonyl (C=O) groups excluding carboxylic acids is 1. The highest BCUT2D eigenvalue weighted by molar-refractivity contribution is 5.92. The Balaban J connectivity index is 1.81. The van der Waals surface area contributed by atoms with Gasteiger partial charge in [-0.25, -0.2) is 13.2 Å². The van der Waals surface area contributed by atoms with Gasteiger partial charge in [-0.2, -0.15) is 0 Å². The van der Waals surface area contributed by atoms with Crippen molar-refractivity contribution in [1.82, 2.24) is 5.32 Å². The molecule has 0 radical (unpaired) electrons. The van der Waals surface area contributed by atoms with Gasteiger partial charge in [0, 0.05) is 17.8 Å². The predicted molar refractivity (Wildman–Crippen MR) is 73.1 cm³/mol. The molecule has 0 atom stereocenters. The third-order valence-electron chi connectivity index (χ3n) is 2.74. The average Bonchev–Trinajstić information content (AvgIpc) is 2.45. The maximum atomic E-state index is 13.3. The van der Waals surface area contributed by atoms with E-state index in [1.807, 2.05) is 0 Å². The van der Waals surface area contributed by atoms with Gasteiger partial charge in [0.15, 0.2) is 0 Å². The normalized spacial score (nSPS) is 10.4. The molecule has 0 unspecified atom stereocenters. The topological polar surface area (TPSA) is 41.1 Å². The van der Waals surface area contributed by atoms with Crippen LogP contribution < -0.4 is 10.6 Å². The Kier molecular flexibility index (Phi) is 4.94. The molecule has 2 aromatic carbocycles. The second kappa shape index (κ2) is 6.90. The molecule has 0 fully saturated rings. The van der Waals surface area contributed by atoms with Crippen LogP contribution in [0.4, 0.5) is 18.9 Å². The molecule has 2 rings (SSSR count). The molecule has 1 amide bonds. The van der Waals surface area contributed by atoms with E-state index in [4.69, 9.17) is 0 Å². The Morgan fingerprint density at radius 2 is 1.62 bits per heavy atom. The monoisotopic (exact) mass is 294 g/mol. The van der Waals surface area contributed by atoms with Crippen LogP contribution in [-0.4, -0.2) is 12.5 Å². The minimum absolute atomic E-state index is 0.0282. The number of nitrogens with one attached hydrogen (secondary N) is 2. The molecule has 0 aliphatic rings. The zero-order valence-corrected chi connectivity index (χ0v) is 11.0. The lowest BCUT2D eigenvalue weighted by molar-refractivity contribution is -0.115. The van der Waals surface area contributed by atoms with Crippen LogP contribution >= 0.6 is 0 Å². The quantitative estimate of drug-likeness (QED) is 0.890. The van der Waals surface area contributed by atoms with Gasteiger partial charge < -0.3 is 10.6 Å². The van der Waals surface area contributed by atoms with Gasteiger partial charge in [-0.1, -0.05) is 0 Å². The zero-order chi connectivity index (χ0) is 15.2. The summed E-state index contributed by atoms with van der Waals surface area (Å²) < 4.78 is 39.0. The molecule has 3 nitrogen and oxygen atoms in total. The number of benzene rings is 2. The zero-order valence-electron chi connectivity index (χ0n) is 11.0. The van der Waals surface area contributed by atoms with Gasteiger partial charge in [0.1, 0.15) is 17.5 Å². The number of carbonyl (C=O) groups is 1. The highest BCUT2D eigenvalue weighted by Crippen LogP contribution is 2.09. The highest BCUT2D eigenvalue weighted by atomic mass is 19.1. The van der Waals surface area contributed by atoms with Crippen molar-refractivity contribution in [3.05, 3.63) is 65.5 Å². The van der Waals surface area contributed by atoms with E-state index in [0.29, 0.717) is 5.69 Å². The molecule has 2 N–H and O–H groups in total. The summed E-state index contributed by atoms with van der Waals surface area (Å²) >= 11 is 0. The van der Waals surface area contributed by atoms with Crippen LogP contribution in [0.2, 0.25) is 0 Å². The number of rotatable bonds is 5. The number of halogens is 3. The molecular weight excluding hydrogens is 281 g/mol. The molecule has 2 aromatic rings. The van der Waals surface area contributed by atoms with Crippen molar-refractivity contribution in [2.45, 2.75) is 6.54 Å². The van der Waals surface area contributed by atoms with Crippen molar-refractivity contribution < 1.29 is 18.0 Å². The van der Waals surface area contributed by atoms with Gasteiger partial charge in [-0.05, 0) is 42.5 Å². The summed E-state index contributed by atoms with van der Waals surface area (Å²) in [6, 6.07) is 8.44. The second-order valence-corrected chi connectivity index (χ2v) is 4.39. The highest BCUT2D eigenvalue weighted by Gasteiger charge is 2.06. The summed E-state index contributed by atoms with van der Waals surface area (Å²) in [5.74, 6) is -1.84. The maximum absolute atomic E-state index is 13.3. The summed E-state index contributed by atoms with van der Waals surface area (Å²) in [6.45, 7) is -0.0479. The predicted octanol–water partition coefficient (Wildman–Crippen LogP) is 2.83. The van der Waals surface area contributed by atoms with Crippen molar-refractivity contribution in [2.24, 2.45) is 0 Å². The number of anilines is 1. The molecule has 0 heterocycles. The van der Waals surface area contributed by atoms with E-state index in [-0.39, 0.29) is 24.6 Å². The summed E-state index contributed by atoms with van der Waals surface area (Å²) in [4.78, 5) is 11.6. The molecule has 6 heteroatoms. The minimum Gasteiger partial charge on any atom is -0.325 e. The number of hydrogen-bond acceptors (Lipinski definition) is 2. The van der Waals surface area contributed by atoms with Crippen LogP contribution in [0.1, 0.15) is 5.56 Å². The third-order valence-corrected chi connectivity index (χ3v) is 2.74. The van der Waals surface area contributed by atoms with Crippen LogP contribution in [0.15, 0.2) is 42.5 Å². The van der Waals surface area contributed by atoms with Gasteiger partial charge in [-0.15, -0.1) is 0 Å². The Labute approximate surface area is 119 Å². The molecule has 0 saturated carbocycles. The van der Waals surface area contributed by atoms with E-state index >= 15 is 0 Å². The Morgan fingerprint density at radius 3 is 2.33 bits per heavy atom. The second-order valence-electron chi connectivity index (χ2n) is 4.39. The van der Waals surface area contributed by atoms with Crippen LogP contribution in [0, 0.1) is 17.5 Å². The average molecular weight is 294 g/mol. The molecule has 21 heavy (non-hydrogen) atoms. The van der Waals surface area contributed by atoms with Crippen molar-refractivity contribution in [3.8, 4) is 0 Å². The summed E-state index contributed by atoms with van der Waals surface area (Å²) in [5, 5.41) is 5.25. The fourth-order valence-electron chi connectivity index (χ4n) is 1.73. The first-order chi connectivity index (χ1) is 10.0. The van der Waals surface area contributed by atoms with Gasteiger partial charge in [0.2, 0.25) is 5.91 Å². The first-order valence-electron chi connectivity index (χ1n) is 6.24. The van der Waals surface area contributed by atoms with Crippen LogP contribution in [0.5, 0.6) is 0 Å². The number of hydrogen-bond donors (Lipinski definition) is 2. The van der Waals surface area contributed by atoms with Crippen molar-refractivity contribution in [2.75, 3.05) is 11.9 Å². The largest absolute Gasteiger partial charge is 0.325 e.